The number of nitrogens with zero attached hydrogens (tertiary/aromatic N) is 3. The van der Waals surface area contributed by atoms with E-state index >= 15 is 0 Å². The Balaban J connectivity index is 1.74. The van der Waals surface area contributed by atoms with Crippen LogP contribution in [0.4, 0.5) is 0 Å². The number of hydrogen-bond donors (Lipinski definition) is 2. The molecule has 37 heavy (non-hydrogen) atoms. The number of aliphatic carboxylic acids is 1. The van der Waals surface area contributed by atoms with Crippen molar-refractivity contribution >= 4 is 39.1 Å². The van der Waals surface area contributed by atoms with Crippen LogP contribution in [-0.2, 0) is 19.6 Å². The highest BCUT2D eigenvalue weighted by Gasteiger charge is 2.45. The lowest BCUT2D eigenvalue weighted by Gasteiger charge is -2.42. The number of thiophene rings is 1. The number of amides is 2. The van der Waals surface area contributed by atoms with E-state index in [0.717, 1.165) is 21.2 Å². The van der Waals surface area contributed by atoms with Crippen LogP contribution in [0.25, 0.3) is 0 Å². The van der Waals surface area contributed by atoms with E-state index in [-0.39, 0.29) is 22.9 Å². The van der Waals surface area contributed by atoms with Crippen LogP contribution in [-0.4, -0.2) is 64.8 Å². The third-order valence-corrected chi connectivity index (χ3v) is 9.19. The highest BCUT2D eigenvalue weighted by atomic mass is 32.2. The van der Waals surface area contributed by atoms with Crippen LogP contribution >= 0.6 is 11.3 Å². The SMILES string of the molecule is Cc1cccc(C(CC(=O)O)NC(=O)C2N(C(=O)c3ccncc3)CCCN2S(=O)(=O)c2cccs2)c1. The zero-order valence-corrected chi connectivity index (χ0v) is 21.6. The first kappa shape index (κ1) is 26.5. The Bertz CT molecular complexity index is 1380. The third-order valence-electron chi connectivity index (χ3n) is 5.97. The second-order valence-corrected chi connectivity index (χ2v) is 11.6. The summed E-state index contributed by atoms with van der Waals surface area (Å²) in [6.45, 7) is 2.00. The predicted octanol–water partition coefficient (Wildman–Crippen LogP) is 2.65. The summed E-state index contributed by atoms with van der Waals surface area (Å²) in [5, 5.41) is 13.8. The van der Waals surface area contributed by atoms with Gasteiger partial charge in [0.1, 0.15) is 4.21 Å². The molecule has 1 aromatic carbocycles. The van der Waals surface area contributed by atoms with Gasteiger partial charge < -0.3 is 15.3 Å². The molecule has 12 heteroatoms. The lowest BCUT2D eigenvalue weighted by Crippen LogP contribution is -2.63. The second-order valence-electron chi connectivity index (χ2n) is 8.58. The van der Waals surface area contributed by atoms with Crippen molar-refractivity contribution in [2.24, 2.45) is 0 Å². The molecule has 4 rings (SSSR count). The Morgan fingerprint density at radius 3 is 2.54 bits per heavy atom. The Labute approximate surface area is 218 Å². The molecule has 2 amide bonds. The topological polar surface area (TPSA) is 137 Å². The molecule has 194 valence electrons. The van der Waals surface area contributed by atoms with E-state index in [9.17, 15) is 27.9 Å². The van der Waals surface area contributed by atoms with E-state index in [2.05, 4.69) is 10.3 Å². The van der Waals surface area contributed by atoms with Gasteiger partial charge in [-0.2, -0.15) is 4.31 Å². The number of carboxylic acid groups (broad SMARTS) is 1. The number of aromatic nitrogens is 1. The summed E-state index contributed by atoms with van der Waals surface area (Å²) in [7, 11) is -4.12. The Morgan fingerprint density at radius 1 is 1.14 bits per heavy atom. The van der Waals surface area contributed by atoms with Gasteiger partial charge in [0.25, 0.3) is 21.8 Å². The molecule has 0 spiro atoms. The van der Waals surface area contributed by atoms with E-state index < -0.39 is 46.4 Å². The van der Waals surface area contributed by atoms with E-state index in [4.69, 9.17) is 0 Å². The van der Waals surface area contributed by atoms with Crippen molar-refractivity contribution in [3.8, 4) is 0 Å². The van der Waals surface area contributed by atoms with Crippen molar-refractivity contribution in [2.45, 2.75) is 36.2 Å². The van der Waals surface area contributed by atoms with E-state index in [1.165, 1.54) is 35.5 Å². The number of sulfonamides is 1. The number of nitrogens with one attached hydrogen (secondary N) is 1. The number of pyridine rings is 1. The number of carbonyl (C=O) groups is 3. The van der Waals surface area contributed by atoms with Crippen LogP contribution in [0, 0.1) is 6.92 Å². The summed E-state index contributed by atoms with van der Waals surface area (Å²) in [6, 6.07) is 12.1. The predicted molar refractivity (Wildman–Crippen MR) is 136 cm³/mol. The first-order valence-corrected chi connectivity index (χ1v) is 13.9. The minimum absolute atomic E-state index is 0.0203. The van der Waals surface area contributed by atoms with Gasteiger partial charge in [0.2, 0.25) is 0 Å². The van der Waals surface area contributed by atoms with Gasteiger partial charge in [0, 0.05) is 31.0 Å². The van der Waals surface area contributed by atoms with Crippen molar-refractivity contribution in [1.29, 1.82) is 0 Å². The molecule has 1 fully saturated rings. The maximum atomic E-state index is 13.8. The highest BCUT2D eigenvalue weighted by molar-refractivity contribution is 7.91. The molecule has 2 atom stereocenters. The van der Waals surface area contributed by atoms with E-state index in [1.807, 2.05) is 13.0 Å². The molecule has 0 bridgehead atoms. The lowest BCUT2D eigenvalue weighted by molar-refractivity contribution is -0.138. The molecule has 2 unspecified atom stereocenters. The Kier molecular flexibility index (Phi) is 8.00. The summed E-state index contributed by atoms with van der Waals surface area (Å²) in [5.74, 6) is -2.45. The summed E-state index contributed by atoms with van der Waals surface area (Å²) >= 11 is 1.01. The molecule has 1 aliphatic heterocycles. The Morgan fingerprint density at radius 2 is 1.89 bits per heavy atom. The average Bonchev–Trinajstić information content (AvgIpc) is 3.44. The van der Waals surface area contributed by atoms with Crippen LogP contribution < -0.4 is 5.32 Å². The molecule has 1 aliphatic rings. The van der Waals surface area contributed by atoms with Crippen LogP contribution in [0.3, 0.4) is 0 Å². The molecule has 0 radical (unpaired) electrons. The summed E-state index contributed by atoms with van der Waals surface area (Å²) in [5.41, 5.74) is 1.69. The summed E-state index contributed by atoms with van der Waals surface area (Å²) < 4.78 is 28.2. The highest BCUT2D eigenvalue weighted by Crippen LogP contribution is 2.29. The van der Waals surface area contributed by atoms with Gasteiger partial charge in [0.15, 0.2) is 6.17 Å². The van der Waals surface area contributed by atoms with Gasteiger partial charge in [-0.15, -0.1) is 11.3 Å². The lowest BCUT2D eigenvalue weighted by atomic mass is 10.0. The standard InChI is InChI=1S/C25H26N4O6S2/c1-17-5-2-6-19(15-17)20(16-21(30)31)27-23(32)24-28(25(33)18-8-10-26-11-9-18)12-4-13-29(24)37(34,35)22-7-3-14-36-22/h2-3,5-11,14-15,20,24H,4,12-13,16H2,1H3,(H,27,32)(H,30,31). The Hall–Kier alpha value is -3.61. The number of benzene rings is 1. The van der Waals surface area contributed by atoms with Gasteiger partial charge in [-0.1, -0.05) is 35.9 Å². The molecule has 0 saturated carbocycles. The van der Waals surface area contributed by atoms with E-state index in [1.54, 1.807) is 29.6 Å². The first-order valence-electron chi connectivity index (χ1n) is 11.5. The van der Waals surface area contributed by atoms with Gasteiger partial charge >= 0.3 is 5.97 Å². The van der Waals surface area contributed by atoms with Crippen LogP contribution in [0.15, 0.2) is 70.5 Å². The fourth-order valence-corrected chi connectivity index (χ4v) is 6.99. The van der Waals surface area contributed by atoms with Crippen molar-refractivity contribution in [2.75, 3.05) is 13.1 Å². The van der Waals surface area contributed by atoms with Crippen LogP contribution in [0.2, 0.25) is 0 Å². The number of hydrogen-bond acceptors (Lipinski definition) is 7. The van der Waals surface area contributed by atoms with Crippen molar-refractivity contribution in [3.63, 3.8) is 0 Å². The molecule has 3 heterocycles. The van der Waals surface area contributed by atoms with Crippen molar-refractivity contribution in [3.05, 3.63) is 83.0 Å². The number of aryl methyl sites for hydroxylation is 1. The molecule has 2 aromatic heterocycles. The van der Waals surface area contributed by atoms with Crippen LogP contribution in [0.5, 0.6) is 0 Å². The first-order chi connectivity index (χ1) is 17.7. The molecule has 0 aliphatic carbocycles. The largest absolute Gasteiger partial charge is 0.481 e. The molecule has 2 N–H and O–H groups in total. The average molecular weight is 543 g/mol. The van der Waals surface area contributed by atoms with Gasteiger partial charge in [0.05, 0.1) is 12.5 Å². The zero-order chi connectivity index (χ0) is 26.6. The van der Waals surface area contributed by atoms with Crippen molar-refractivity contribution in [1.82, 2.24) is 19.5 Å². The number of carbonyl (C=O) groups excluding carboxylic acids is 2. The smallest absolute Gasteiger partial charge is 0.305 e. The summed E-state index contributed by atoms with van der Waals surface area (Å²) in [4.78, 5) is 44.0. The zero-order valence-electron chi connectivity index (χ0n) is 20.0. The van der Waals surface area contributed by atoms with Crippen LogP contribution in [0.1, 0.15) is 40.4 Å². The normalized spacial score (nSPS) is 17.2. The minimum atomic E-state index is -4.12. The van der Waals surface area contributed by atoms with Gasteiger partial charge in [-0.3, -0.25) is 19.4 Å². The van der Waals surface area contributed by atoms with Gasteiger partial charge in [-0.05, 0) is 42.5 Å². The van der Waals surface area contributed by atoms with Crippen molar-refractivity contribution < 1.29 is 27.9 Å². The number of rotatable bonds is 8. The van der Waals surface area contributed by atoms with Gasteiger partial charge in [-0.25, -0.2) is 8.42 Å². The second kappa shape index (κ2) is 11.2. The fraction of sp³-hybridized carbons (Fsp3) is 0.280. The summed E-state index contributed by atoms with van der Waals surface area (Å²) in [6.07, 6.45) is 1.27. The molecular weight excluding hydrogens is 516 g/mol. The maximum Gasteiger partial charge on any atom is 0.305 e. The third kappa shape index (κ3) is 5.87. The molecular formula is C25H26N4O6S2. The fourth-order valence-electron chi connectivity index (χ4n) is 4.28. The number of carboxylic acids is 1. The molecule has 1 saturated heterocycles. The van der Waals surface area contributed by atoms with E-state index in [0.29, 0.717) is 12.0 Å². The monoisotopic (exact) mass is 542 g/mol. The molecule has 3 aromatic rings. The quantitative estimate of drug-likeness (QED) is 0.446. The maximum absolute atomic E-state index is 13.8. The molecule has 10 nitrogen and oxygen atoms in total. The minimum Gasteiger partial charge on any atom is -0.481 e.